The summed E-state index contributed by atoms with van der Waals surface area (Å²) in [6.45, 7) is 6.75. The lowest BCUT2D eigenvalue weighted by atomic mass is 10.4. The van der Waals surface area contributed by atoms with Crippen LogP contribution in [0.15, 0.2) is 29.1 Å². The van der Waals surface area contributed by atoms with E-state index in [9.17, 15) is 0 Å². The topological polar surface area (TPSA) is 43.0 Å². The van der Waals surface area contributed by atoms with Crippen LogP contribution in [0.4, 0.5) is 0 Å². The molecule has 2 aromatic heterocycles. The van der Waals surface area contributed by atoms with E-state index in [-0.39, 0.29) is 0 Å². The van der Waals surface area contributed by atoms with Crippen molar-refractivity contribution in [3.63, 3.8) is 0 Å². The summed E-state index contributed by atoms with van der Waals surface area (Å²) in [6.07, 6.45) is 3.58. The Morgan fingerprint density at radius 3 is 2.94 bits per heavy atom. The van der Waals surface area contributed by atoms with Crippen LogP contribution in [-0.2, 0) is 13.1 Å². The molecule has 0 saturated carbocycles. The second kappa shape index (κ2) is 4.99. The molecule has 0 aliphatic heterocycles. The Balaban J connectivity index is 1.74. The fourth-order valence-corrected chi connectivity index (χ4v) is 1.59. The maximum Gasteiger partial charge on any atom is 0.117 e. The first-order valence-corrected chi connectivity index (χ1v) is 5.49. The van der Waals surface area contributed by atoms with Gasteiger partial charge in [0, 0.05) is 18.8 Å². The summed E-state index contributed by atoms with van der Waals surface area (Å²) in [5, 5.41) is 3.33. The zero-order valence-corrected chi connectivity index (χ0v) is 9.73. The van der Waals surface area contributed by atoms with Crippen LogP contribution in [-0.4, -0.2) is 16.1 Å². The van der Waals surface area contributed by atoms with Gasteiger partial charge in [-0.05, 0) is 26.0 Å². The first kappa shape index (κ1) is 11.0. The van der Waals surface area contributed by atoms with Crippen LogP contribution in [0.5, 0.6) is 0 Å². The van der Waals surface area contributed by atoms with Gasteiger partial charge in [-0.15, -0.1) is 0 Å². The highest BCUT2D eigenvalue weighted by Gasteiger charge is 2.01. The van der Waals surface area contributed by atoms with Crippen molar-refractivity contribution in [1.29, 1.82) is 0 Å². The fraction of sp³-hybridized carbons (Fsp3) is 0.417. The molecule has 2 rings (SSSR count). The fourth-order valence-electron chi connectivity index (χ4n) is 1.59. The zero-order chi connectivity index (χ0) is 11.4. The number of nitrogens with zero attached hydrogens (tertiary/aromatic N) is 2. The number of aryl methyl sites for hydroxylation is 1. The van der Waals surface area contributed by atoms with Crippen molar-refractivity contribution in [3.05, 3.63) is 41.9 Å². The smallest absolute Gasteiger partial charge is 0.117 e. The molecule has 0 unspecified atom stereocenters. The third kappa shape index (κ3) is 2.52. The first-order chi connectivity index (χ1) is 7.77. The van der Waals surface area contributed by atoms with Crippen LogP contribution in [0.25, 0.3) is 0 Å². The highest BCUT2D eigenvalue weighted by atomic mass is 16.3. The molecule has 0 bridgehead atoms. The lowest BCUT2D eigenvalue weighted by Gasteiger charge is -2.06. The van der Waals surface area contributed by atoms with Crippen molar-refractivity contribution in [2.45, 2.75) is 26.9 Å². The van der Waals surface area contributed by atoms with Gasteiger partial charge in [-0.2, -0.15) is 0 Å². The van der Waals surface area contributed by atoms with Crippen molar-refractivity contribution in [3.8, 4) is 0 Å². The van der Waals surface area contributed by atoms with Gasteiger partial charge in [0.1, 0.15) is 5.76 Å². The molecule has 4 nitrogen and oxygen atoms in total. The van der Waals surface area contributed by atoms with Gasteiger partial charge < -0.3 is 14.3 Å². The van der Waals surface area contributed by atoms with Gasteiger partial charge in [0.2, 0.25) is 0 Å². The van der Waals surface area contributed by atoms with Gasteiger partial charge in [-0.3, -0.25) is 0 Å². The van der Waals surface area contributed by atoms with Gasteiger partial charge in [0.15, 0.2) is 0 Å². The normalized spacial score (nSPS) is 10.9. The molecule has 1 N–H and O–H groups in total. The van der Waals surface area contributed by atoms with E-state index in [1.807, 2.05) is 25.4 Å². The molecule has 16 heavy (non-hydrogen) atoms. The van der Waals surface area contributed by atoms with Crippen LogP contribution in [0.2, 0.25) is 0 Å². The Kier molecular flexibility index (Phi) is 3.41. The summed E-state index contributed by atoms with van der Waals surface area (Å²) in [7, 11) is 0. The van der Waals surface area contributed by atoms with Crippen LogP contribution >= 0.6 is 0 Å². The number of nitrogens with one attached hydrogen (secondary N) is 1. The molecule has 0 aliphatic rings. The monoisotopic (exact) mass is 219 g/mol. The highest BCUT2D eigenvalue weighted by Crippen LogP contribution is 2.03. The van der Waals surface area contributed by atoms with Gasteiger partial charge in [0.25, 0.3) is 0 Å². The summed E-state index contributed by atoms with van der Waals surface area (Å²) in [5.41, 5.74) is 2.34. The molecule has 2 aromatic rings. The van der Waals surface area contributed by atoms with Crippen molar-refractivity contribution in [2.24, 2.45) is 0 Å². The molecule has 4 heteroatoms. The molecule has 0 aliphatic carbocycles. The maximum atomic E-state index is 5.23. The van der Waals surface area contributed by atoms with E-state index in [2.05, 4.69) is 21.8 Å². The quantitative estimate of drug-likeness (QED) is 0.781. The average Bonchev–Trinajstić information content (AvgIpc) is 2.88. The number of aromatic nitrogens is 2. The number of hydrogen-bond acceptors (Lipinski definition) is 3. The van der Waals surface area contributed by atoms with Crippen LogP contribution in [0.3, 0.4) is 0 Å². The van der Waals surface area contributed by atoms with Crippen LogP contribution in [0.1, 0.15) is 17.1 Å². The van der Waals surface area contributed by atoms with E-state index in [0.717, 1.165) is 31.1 Å². The molecule has 0 radical (unpaired) electrons. The van der Waals surface area contributed by atoms with Gasteiger partial charge >= 0.3 is 0 Å². The lowest BCUT2D eigenvalue weighted by molar-refractivity contribution is 0.475. The zero-order valence-electron chi connectivity index (χ0n) is 9.73. The predicted molar refractivity (Wildman–Crippen MR) is 62.1 cm³/mol. The standard InChI is InChI=1S/C12H17N3O/c1-10-11(2)15(9-14-10)6-5-13-8-12-4-3-7-16-12/h3-4,7,9,13H,5-6,8H2,1-2H3. The molecule has 0 atom stereocenters. The van der Waals surface area contributed by atoms with E-state index in [0.29, 0.717) is 0 Å². The third-order valence-corrected chi connectivity index (χ3v) is 2.75. The molecule has 0 saturated heterocycles. The first-order valence-electron chi connectivity index (χ1n) is 5.49. The second-order valence-corrected chi connectivity index (χ2v) is 3.86. The maximum absolute atomic E-state index is 5.23. The van der Waals surface area contributed by atoms with E-state index < -0.39 is 0 Å². The summed E-state index contributed by atoms with van der Waals surface area (Å²) < 4.78 is 7.39. The number of hydrogen-bond donors (Lipinski definition) is 1. The van der Waals surface area contributed by atoms with Crippen LogP contribution < -0.4 is 5.32 Å². The number of rotatable bonds is 5. The molecule has 2 heterocycles. The molecule has 0 aromatic carbocycles. The van der Waals surface area contributed by atoms with Crippen molar-refractivity contribution in [2.75, 3.05) is 6.54 Å². The molecule has 0 amide bonds. The van der Waals surface area contributed by atoms with E-state index in [1.165, 1.54) is 5.69 Å². The Bertz CT molecular complexity index is 431. The number of furan rings is 1. The largest absolute Gasteiger partial charge is 0.468 e. The number of imidazole rings is 1. The molecular formula is C12H17N3O. The summed E-state index contributed by atoms with van der Waals surface area (Å²) in [6, 6.07) is 3.88. The minimum absolute atomic E-state index is 0.778. The van der Waals surface area contributed by atoms with Gasteiger partial charge in [-0.1, -0.05) is 0 Å². The molecule has 0 fully saturated rings. The second-order valence-electron chi connectivity index (χ2n) is 3.86. The average molecular weight is 219 g/mol. The Morgan fingerprint density at radius 2 is 2.31 bits per heavy atom. The van der Waals surface area contributed by atoms with E-state index in [4.69, 9.17) is 4.42 Å². The summed E-state index contributed by atoms with van der Waals surface area (Å²) in [5.74, 6) is 0.971. The van der Waals surface area contributed by atoms with Crippen molar-refractivity contribution >= 4 is 0 Å². The third-order valence-electron chi connectivity index (χ3n) is 2.75. The predicted octanol–water partition coefficient (Wildman–Crippen LogP) is 1.88. The molecule has 86 valence electrons. The summed E-state index contributed by atoms with van der Waals surface area (Å²) in [4.78, 5) is 4.26. The van der Waals surface area contributed by atoms with Gasteiger partial charge in [-0.25, -0.2) is 4.98 Å². The van der Waals surface area contributed by atoms with Gasteiger partial charge in [0.05, 0.1) is 24.8 Å². The van der Waals surface area contributed by atoms with E-state index >= 15 is 0 Å². The Labute approximate surface area is 95.3 Å². The summed E-state index contributed by atoms with van der Waals surface area (Å²) >= 11 is 0. The van der Waals surface area contributed by atoms with Crippen molar-refractivity contribution in [1.82, 2.24) is 14.9 Å². The highest BCUT2D eigenvalue weighted by molar-refractivity contribution is 5.08. The van der Waals surface area contributed by atoms with E-state index in [1.54, 1.807) is 6.26 Å². The van der Waals surface area contributed by atoms with Crippen LogP contribution in [0, 0.1) is 13.8 Å². The molecule has 0 spiro atoms. The Morgan fingerprint density at radius 1 is 1.44 bits per heavy atom. The minimum Gasteiger partial charge on any atom is -0.468 e. The lowest BCUT2D eigenvalue weighted by Crippen LogP contribution is -2.19. The SMILES string of the molecule is Cc1ncn(CCNCc2ccco2)c1C. The van der Waals surface area contributed by atoms with Crippen molar-refractivity contribution < 1.29 is 4.42 Å². The molecular weight excluding hydrogens is 202 g/mol. The Hall–Kier alpha value is -1.55. The minimum atomic E-state index is 0.778.